The number of hydrogen-bond donors (Lipinski definition) is 1. The first-order chi connectivity index (χ1) is 8.81. The normalized spacial score (nSPS) is 15.3. The molecular formula is C10H18N6OS. The van der Waals surface area contributed by atoms with Crippen LogP contribution in [-0.2, 0) is 11.3 Å². The molecule has 0 atom stereocenters. The molecule has 0 saturated carbocycles. The van der Waals surface area contributed by atoms with Crippen molar-refractivity contribution in [2.24, 2.45) is 0 Å². The van der Waals surface area contributed by atoms with E-state index in [2.05, 4.69) is 20.8 Å². The maximum absolute atomic E-state index is 11.9. The highest BCUT2D eigenvalue weighted by molar-refractivity contribution is 7.99. The standard InChI is InChI=1S/C10H18N6OS/c1-11-4-7-16-10(12-13-14-16)18-8-9(17)15-5-2-3-6-15/h11H,2-8H2,1H3. The number of amides is 1. The van der Waals surface area contributed by atoms with Gasteiger partial charge in [-0.05, 0) is 30.3 Å². The minimum atomic E-state index is 0.181. The Balaban J connectivity index is 1.81. The molecule has 0 radical (unpaired) electrons. The summed E-state index contributed by atoms with van der Waals surface area (Å²) in [5.41, 5.74) is 0. The third-order valence-electron chi connectivity index (χ3n) is 2.86. The summed E-state index contributed by atoms with van der Waals surface area (Å²) in [6, 6.07) is 0. The molecule has 8 heteroatoms. The van der Waals surface area contributed by atoms with Crippen molar-refractivity contribution >= 4 is 17.7 Å². The van der Waals surface area contributed by atoms with Gasteiger partial charge in [0.25, 0.3) is 0 Å². The van der Waals surface area contributed by atoms with Crippen molar-refractivity contribution in [1.29, 1.82) is 0 Å². The van der Waals surface area contributed by atoms with Crippen molar-refractivity contribution in [3.05, 3.63) is 0 Å². The lowest BCUT2D eigenvalue weighted by atomic mass is 10.4. The van der Waals surface area contributed by atoms with E-state index in [1.54, 1.807) is 4.68 Å². The zero-order chi connectivity index (χ0) is 12.8. The van der Waals surface area contributed by atoms with Crippen LogP contribution in [-0.4, -0.2) is 63.4 Å². The molecule has 1 aromatic rings. The molecule has 1 aliphatic heterocycles. The zero-order valence-corrected chi connectivity index (χ0v) is 11.3. The van der Waals surface area contributed by atoms with Crippen LogP contribution in [0.3, 0.4) is 0 Å². The fourth-order valence-corrected chi connectivity index (χ4v) is 2.65. The number of tetrazole rings is 1. The molecule has 2 rings (SSSR count). The Labute approximate surface area is 110 Å². The molecule has 1 saturated heterocycles. The van der Waals surface area contributed by atoms with Gasteiger partial charge in [-0.15, -0.1) is 5.10 Å². The second-order valence-corrected chi connectivity index (χ2v) is 5.11. The monoisotopic (exact) mass is 270 g/mol. The van der Waals surface area contributed by atoms with Crippen molar-refractivity contribution < 1.29 is 4.79 Å². The number of carbonyl (C=O) groups is 1. The van der Waals surface area contributed by atoms with Crippen LogP contribution in [0, 0.1) is 0 Å². The van der Waals surface area contributed by atoms with E-state index in [9.17, 15) is 4.79 Å². The second kappa shape index (κ2) is 6.69. The summed E-state index contributed by atoms with van der Waals surface area (Å²) in [7, 11) is 1.88. The average molecular weight is 270 g/mol. The van der Waals surface area contributed by atoms with Crippen LogP contribution in [0.15, 0.2) is 5.16 Å². The lowest BCUT2D eigenvalue weighted by Gasteiger charge is -2.14. The molecule has 100 valence electrons. The lowest BCUT2D eigenvalue weighted by molar-refractivity contribution is -0.127. The largest absolute Gasteiger partial charge is 0.342 e. The number of hydrogen-bond acceptors (Lipinski definition) is 6. The predicted octanol–water partition coefficient (Wildman–Crippen LogP) is -0.393. The number of rotatable bonds is 6. The third kappa shape index (κ3) is 3.42. The summed E-state index contributed by atoms with van der Waals surface area (Å²) in [5, 5.41) is 15.2. The second-order valence-electron chi connectivity index (χ2n) is 4.16. The summed E-state index contributed by atoms with van der Waals surface area (Å²) >= 11 is 1.41. The highest BCUT2D eigenvalue weighted by atomic mass is 32.2. The maximum atomic E-state index is 11.9. The maximum Gasteiger partial charge on any atom is 0.233 e. The van der Waals surface area contributed by atoms with E-state index in [0.29, 0.717) is 17.5 Å². The fraction of sp³-hybridized carbons (Fsp3) is 0.800. The van der Waals surface area contributed by atoms with Gasteiger partial charge in [0.15, 0.2) is 0 Å². The molecule has 0 spiro atoms. The number of likely N-dealkylation sites (tertiary alicyclic amines) is 1. The molecule has 0 unspecified atom stereocenters. The van der Waals surface area contributed by atoms with E-state index in [1.807, 2.05) is 11.9 Å². The van der Waals surface area contributed by atoms with Crippen LogP contribution >= 0.6 is 11.8 Å². The molecule has 1 N–H and O–H groups in total. The molecular weight excluding hydrogens is 252 g/mol. The lowest BCUT2D eigenvalue weighted by Crippen LogP contribution is -2.29. The molecule has 1 aromatic heterocycles. The van der Waals surface area contributed by atoms with Gasteiger partial charge < -0.3 is 10.2 Å². The van der Waals surface area contributed by atoms with Crippen molar-refractivity contribution in [1.82, 2.24) is 30.4 Å². The number of carbonyl (C=O) groups excluding carboxylic acids is 1. The Morgan fingerprint density at radius 2 is 2.22 bits per heavy atom. The van der Waals surface area contributed by atoms with Gasteiger partial charge in [0.2, 0.25) is 11.1 Å². The van der Waals surface area contributed by atoms with Gasteiger partial charge in [0.05, 0.1) is 12.3 Å². The van der Waals surface area contributed by atoms with Crippen LogP contribution < -0.4 is 5.32 Å². The zero-order valence-electron chi connectivity index (χ0n) is 10.5. The van der Waals surface area contributed by atoms with Gasteiger partial charge in [-0.2, -0.15) is 0 Å². The van der Waals surface area contributed by atoms with Gasteiger partial charge in [-0.3, -0.25) is 4.79 Å². The first-order valence-corrected chi connectivity index (χ1v) is 7.11. The smallest absolute Gasteiger partial charge is 0.233 e. The van der Waals surface area contributed by atoms with E-state index in [1.165, 1.54) is 11.8 Å². The Morgan fingerprint density at radius 1 is 1.44 bits per heavy atom. The Hall–Kier alpha value is -1.15. The number of likely N-dealkylation sites (N-methyl/N-ethyl adjacent to an activating group) is 1. The van der Waals surface area contributed by atoms with Gasteiger partial charge >= 0.3 is 0 Å². The average Bonchev–Trinajstić information content (AvgIpc) is 3.04. The molecule has 1 aliphatic rings. The fourth-order valence-electron chi connectivity index (χ4n) is 1.84. The van der Waals surface area contributed by atoms with Crippen molar-refractivity contribution in [3.63, 3.8) is 0 Å². The number of nitrogens with zero attached hydrogens (tertiary/aromatic N) is 5. The molecule has 1 fully saturated rings. The summed E-state index contributed by atoms with van der Waals surface area (Å²) < 4.78 is 1.72. The topological polar surface area (TPSA) is 75.9 Å². The van der Waals surface area contributed by atoms with Gasteiger partial charge in [0, 0.05) is 19.6 Å². The number of aromatic nitrogens is 4. The van der Waals surface area contributed by atoms with Crippen molar-refractivity contribution in [2.75, 3.05) is 32.4 Å². The van der Waals surface area contributed by atoms with E-state index < -0.39 is 0 Å². The molecule has 0 bridgehead atoms. The minimum absolute atomic E-state index is 0.181. The molecule has 2 heterocycles. The molecule has 0 aromatic carbocycles. The van der Waals surface area contributed by atoms with E-state index in [-0.39, 0.29) is 5.91 Å². The Bertz CT molecular complexity index is 389. The third-order valence-corrected chi connectivity index (χ3v) is 3.80. The summed E-state index contributed by atoms with van der Waals surface area (Å²) in [5.74, 6) is 0.598. The Kier molecular flexibility index (Phi) is 4.94. The van der Waals surface area contributed by atoms with Crippen LogP contribution in [0.25, 0.3) is 0 Å². The molecule has 18 heavy (non-hydrogen) atoms. The van der Waals surface area contributed by atoms with Crippen molar-refractivity contribution in [2.45, 2.75) is 24.5 Å². The van der Waals surface area contributed by atoms with Crippen LogP contribution in [0.1, 0.15) is 12.8 Å². The first kappa shape index (κ1) is 13.3. The Morgan fingerprint density at radius 3 is 2.94 bits per heavy atom. The van der Waals surface area contributed by atoms with Gasteiger partial charge in [0.1, 0.15) is 0 Å². The van der Waals surface area contributed by atoms with Gasteiger partial charge in [-0.1, -0.05) is 11.8 Å². The van der Waals surface area contributed by atoms with E-state index in [0.717, 1.165) is 32.5 Å². The summed E-state index contributed by atoms with van der Waals surface area (Å²) in [6.45, 7) is 3.30. The first-order valence-electron chi connectivity index (χ1n) is 6.12. The van der Waals surface area contributed by atoms with Crippen LogP contribution in [0.2, 0.25) is 0 Å². The SMILES string of the molecule is CNCCn1nnnc1SCC(=O)N1CCCC1. The molecule has 1 amide bonds. The summed E-state index contributed by atoms with van der Waals surface area (Å²) in [6.07, 6.45) is 2.24. The quantitative estimate of drug-likeness (QED) is 0.709. The molecule has 0 aliphatic carbocycles. The van der Waals surface area contributed by atoms with E-state index in [4.69, 9.17) is 0 Å². The van der Waals surface area contributed by atoms with E-state index >= 15 is 0 Å². The highest BCUT2D eigenvalue weighted by Gasteiger charge is 2.18. The number of thioether (sulfide) groups is 1. The van der Waals surface area contributed by atoms with Gasteiger partial charge in [-0.25, -0.2) is 4.68 Å². The van der Waals surface area contributed by atoms with Crippen LogP contribution in [0.4, 0.5) is 0 Å². The summed E-state index contributed by atoms with van der Waals surface area (Å²) in [4.78, 5) is 13.8. The minimum Gasteiger partial charge on any atom is -0.342 e. The highest BCUT2D eigenvalue weighted by Crippen LogP contribution is 2.16. The molecule has 7 nitrogen and oxygen atoms in total. The van der Waals surface area contributed by atoms with Crippen LogP contribution in [0.5, 0.6) is 0 Å². The van der Waals surface area contributed by atoms with Crippen molar-refractivity contribution in [3.8, 4) is 0 Å². The number of nitrogens with one attached hydrogen (secondary N) is 1. The predicted molar refractivity (Wildman–Crippen MR) is 68.3 cm³/mol.